The third-order valence-corrected chi connectivity index (χ3v) is 6.49. The van der Waals surface area contributed by atoms with Gasteiger partial charge in [0.1, 0.15) is 11.5 Å². The first-order valence-corrected chi connectivity index (χ1v) is 8.99. The van der Waals surface area contributed by atoms with E-state index in [0.717, 1.165) is 19.3 Å². The molecule has 1 heterocycles. The molecule has 1 aromatic heterocycles. The van der Waals surface area contributed by atoms with Crippen LogP contribution < -0.4 is 22.3 Å². The van der Waals surface area contributed by atoms with Crippen molar-refractivity contribution in [3.05, 3.63) is 20.8 Å². The lowest BCUT2D eigenvalue weighted by Gasteiger charge is -2.31. The number of hydrogen-bond donors (Lipinski definition) is 4. The molecule has 0 aromatic carbocycles. The first-order chi connectivity index (χ1) is 11.9. The molecule has 5 rings (SSSR count). The van der Waals surface area contributed by atoms with Crippen molar-refractivity contribution < 1.29 is 9.90 Å². The average molecular weight is 348 g/mol. The number of carbonyl (C=O) groups excluding carboxylic acids is 1. The predicted molar refractivity (Wildman–Crippen MR) is 92.0 cm³/mol. The molecular formula is C17H24N4O4. The van der Waals surface area contributed by atoms with Gasteiger partial charge in [0.15, 0.2) is 0 Å². The maximum Gasteiger partial charge on any atom is 0.330 e. The van der Waals surface area contributed by atoms with Crippen molar-refractivity contribution in [2.75, 3.05) is 11.1 Å². The molecule has 4 saturated carbocycles. The molecule has 1 aromatic rings. The number of nitrogens with one attached hydrogen (secondary N) is 2. The molecular weight excluding hydrogens is 324 g/mol. The lowest BCUT2D eigenvalue weighted by Crippen LogP contribution is -2.41. The fraction of sp³-hybridized carbons (Fsp3) is 0.706. The summed E-state index contributed by atoms with van der Waals surface area (Å²) in [6.45, 7) is 2.25. The number of aromatic amines is 1. The normalized spacial score (nSPS) is 35.3. The summed E-state index contributed by atoms with van der Waals surface area (Å²) in [5, 5.41) is 13.1. The Balaban J connectivity index is 1.68. The number of nitrogens with zero attached hydrogens (tertiary/aromatic N) is 1. The summed E-state index contributed by atoms with van der Waals surface area (Å²) in [7, 11) is 0. The number of carbonyl (C=O) groups is 1. The van der Waals surface area contributed by atoms with Gasteiger partial charge in [0, 0.05) is 6.54 Å². The number of aromatic nitrogens is 2. The summed E-state index contributed by atoms with van der Waals surface area (Å²) >= 11 is 0. The summed E-state index contributed by atoms with van der Waals surface area (Å²) in [6, 6.07) is 0. The number of hydrogen-bond acceptors (Lipinski definition) is 5. The third kappa shape index (κ3) is 2.19. The maximum absolute atomic E-state index is 13.1. The summed E-state index contributed by atoms with van der Waals surface area (Å²) in [6.07, 6.45) is 3.50. The Morgan fingerprint density at radius 1 is 1.40 bits per heavy atom. The van der Waals surface area contributed by atoms with Crippen LogP contribution in [0.2, 0.25) is 0 Å². The van der Waals surface area contributed by atoms with E-state index in [0.29, 0.717) is 25.3 Å². The van der Waals surface area contributed by atoms with Crippen molar-refractivity contribution in [3.8, 4) is 0 Å². The maximum atomic E-state index is 13.1. The van der Waals surface area contributed by atoms with E-state index in [2.05, 4.69) is 10.3 Å². The largest absolute Gasteiger partial charge is 0.393 e. The first kappa shape index (κ1) is 16.4. The number of aliphatic hydroxyl groups is 1. The van der Waals surface area contributed by atoms with Gasteiger partial charge in [-0.05, 0) is 49.9 Å². The highest BCUT2D eigenvalue weighted by Gasteiger charge is 2.65. The van der Waals surface area contributed by atoms with Gasteiger partial charge in [-0.1, -0.05) is 6.92 Å². The van der Waals surface area contributed by atoms with Crippen LogP contribution in [0.4, 0.5) is 11.5 Å². The summed E-state index contributed by atoms with van der Waals surface area (Å²) < 4.78 is 1.27. The summed E-state index contributed by atoms with van der Waals surface area (Å²) in [4.78, 5) is 39.4. The van der Waals surface area contributed by atoms with Crippen LogP contribution in [0.3, 0.4) is 0 Å². The second-order valence-electron chi connectivity index (χ2n) is 7.88. The van der Waals surface area contributed by atoms with E-state index in [1.54, 1.807) is 0 Å². The fourth-order valence-electron chi connectivity index (χ4n) is 5.53. The van der Waals surface area contributed by atoms with Gasteiger partial charge in [-0.25, -0.2) is 4.79 Å². The first-order valence-electron chi connectivity index (χ1n) is 8.99. The van der Waals surface area contributed by atoms with Crippen LogP contribution in [0.25, 0.3) is 0 Å². The van der Waals surface area contributed by atoms with Crippen LogP contribution >= 0.6 is 0 Å². The SMILES string of the molecule is CCCn1c(N)c(NC(=O)C23CC4C[C@H](C[C@@H]2C4O)C3)c(=O)[nH]c1=O. The third-order valence-electron chi connectivity index (χ3n) is 6.49. The van der Waals surface area contributed by atoms with Gasteiger partial charge in [-0.2, -0.15) is 0 Å². The molecule has 1 amide bonds. The van der Waals surface area contributed by atoms with E-state index in [4.69, 9.17) is 5.73 Å². The monoisotopic (exact) mass is 348 g/mol. The minimum Gasteiger partial charge on any atom is -0.393 e. The van der Waals surface area contributed by atoms with Crippen molar-refractivity contribution in [1.82, 2.24) is 9.55 Å². The van der Waals surface area contributed by atoms with E-state index in [-0.39, 0.29) is 29.2 Å². The highest BCUT2D eigenvalue weighted by atomic mass is 16.3. The van der Waals surface area contributed by atoms with E-state index >= 15 is 0 Å². The van der Waals surface area contributed by atoms with Crippen molar-refractivity contribution in [2.24, 2.45) is 23.2 Å². The van der Waals surface area contributed by atoms with Gasteiger partial charge in [0.2, 0.25) is 5.91 Å². The van der Waals surface area contributed by atoms with Crippen molar-refractivity contribution >= 4 is 17.4 Å². The molecule has 0 spiro atoms. The molecule has 8 nitrogen and oxygen atoms in total. The van der Waals surface area contributed by atoms with E-state index in [1.807, 2.05) is 6.92 Å². The standard InChI is InChI=1S/C17H24N4O4/c1-2-3-21-13(18)11(14(23)20-16(21)25)19-15(24)17-6-8-4-9(7-17)12(22)10(17)5-8/h8-10,12,22H,2-7,18H2,1H3,(H,19,24)(H,20,23,25)/t8-,9?,10-,12?,17?/m1/s1. The van der Waals surface area contributed by atoms with Gasteiger partial charge in [0.05, 0.1) is 11.5 Å². The van der Waals surface area contributed by atoms with Crippen molar-refractivity contribution in [1.29, 1.82) is 0 Å². The Hall–Kier alpha value is -2.09. The summed E-state index contributed by atoms with van der Waals surface area (Å²) in [5.41, 5.74) is 4.06. The van der Waals surface area contributed by atoms with Crippen LogP contribution in [0, 0.1) is 23.2 Å². The van der Waals surface area contributed by atoms with Crippen LogP contribution in [0.5, 0.6) is 0 Å². The van der Waals surface area contributed by atoms with E-state index in [9.17, 15) is 19.5 Å². The topological polar surface area (TPSA) is 130 Å². The van der Waals surface area contributed by atoms with Crippen molar-refractivity contribution in [2.45, 2.75) is 51.7 Å². The Kier molecular flexibility index (Phi) is 3.57. The summed E-state index contributed by atoms with van der Waals surface area (Å²) in [5.74, 6) is 0.340. The van der Waals surface area contributed by atoms with E-state index in [1.165, 1.54) is 4.57 Å². The molecule has 136 valence electrons. The zero-order valence-electron chi connectivity index (χ0n) is 14.2. The van der Waals surface area contributed by atoms with Crippen LogP contribution in [-0.4, -0.2) is 26.7 Å². The Morgan fingerprint density at radius 2 is 2.16 bits per heavy atom. The number of amides is 1. The smallest absolute Gasteiger partial charge is 0.330 e. The lowest BCUT2D eigenvalue weighted by molar-refractivity contribution is -0.127. The Morgan fingerprint density at radius 3 is 2.88 bits per heavy atom. The van der Waals surface area contributed by atoms with Crippen LogP contribution in [0.15, 0.2) is 9.59 Å². The zero-order chi connectivity index (χ0) is 17.9. The number of nitrogens with two attached hydrogens (primary N) is 1. The predicted octanol–water partition coefficient (Wildman–Crippen LogP) is 0.264. The number of H-pyrrole nitrogens is 1. The highest BCUT2D eigenvalue weighted by Crippen LogP contribution is 2.65. The number of aliphatic hydroxyl groups excluding tert-OH is 1. The number of rotatable bonds is 4. The average Bonchev–Trinajstić information content (AvgIpc) is 2.94. The molecule has 8 heteroatoms. The van der Waals surface area contributed by atoms with Gasteiger partial charge in [0.25, 0.3) is 5.56 Å². The van der Waals surface area contributed by atoms with Gasteiger partial charge in [-0.15, -0.1) is 0 Å². The molecule has 25 heavy (non-hydrogen) atoms. The molecule has 0 saturated heterocycles. The molecule has 4 fully saturated rings. The minimum atomic E-state index is -0.683. The fourth-order valence-corrected chi connectivity index (χ4v) is 5.53. The second-order valence-corrected chi connectivity index (χ2v) is 7.88. The lowest BCUT2D eigenvalue weighted by atomic mass is 9.75. The van der Waals surface area contributed by atoms with Gasteiger partial charge < -0.3 is 16.2 Å². The molecule has 5 atom stereocenters. The number of anilines is 2. The quantitative estimate of drug-likeness (QED) is 0.620. The molecule has 4 aliphatic rings. The Bertz CT molecular complexity index is 844. The second kappa shape index (κ2) is 5.45. The molecule has 3 unspecified atom stereocenters. The molecule has 0 radical (unpaired) electrons. The molecule has 0 aliphatic heterocycles. The minimum absolute atomic E-state index is 0.0152. The van der Waals surface area contributed by atoms with Crippen LogP contribution in [-0.2, 0) is 11.3 Å². The van der Waals surface area contributed by atoms with Crippen LogP contribution in [0.1, 0.15) is 39.0 Å². The highest BCUT2D eigenvalue weighted by molar-refractivity contribution is 5.98. The van der Waals surface area contributed by atoms with Gasteiger partial charge >= 0.3 is 5.69 Å². The molecule has 4 aliphatic carbocycles. The Labute approximate surface area is 144 Å². The van der Waals surface area contributed by atoms with Crippen molar-refractivity contribution in [3.63, 3.8) is 0 Å². The van der Waals surface area contributed by atoms with E-state index < -0.39 is 22.8 Å². The molecule has 4 bridgehead atoms. The van der Waals surface area contributed by atoms with Gasteiger partial charge in [-0.3, -0.25) is 19.1 Å². The molecule has 5 N–H and O–H groups in total. The zero-order valence-corrected chi connectivity index (χ0v) is 14.2. The number of nitrogen functional groups attached to an aromatic ring is 1.